The molecule has 6 rings (SSSR count). The lowest BCUT2D eigenvalue weighted by molar-refractivity contribution is 0.0866. The Labute approximate surface area is 277 Å². The van der Waals surface area contributed by atoms with Gasteiger partial charge in [-0.15, -0.1) is 5.10 Å². The Morgan fingerprint density at radius 3 is 2.40 bits per heavy atom. The van der Waals surface area contributed by atoms with Crippen molar-refractivity contribution in [3.05, 3.63) is 105 Å². The molecule has 3 aromatic carbocycles. The molecule has 5 aromatic rings. The molecule has 0 radical (unpaired) electrons. The van der Waals surface area contributed by atoms with E-state index >= 15 is 0 Å². The molecule has 11 heteroatoms. The Balaban J connectivity index is 1.36. The van der Waals surface area contributed by atoms with E-state index in [9.17, 15) is 5.26 Å². The van der Waals surface area contributed by atoms with Crippen molar-refractivity contribution in [2.45, 2.75) is 51.2 Å². The molecule has 1 fully saturated rings. The number of hydrogen-bond acceptors (Lipinski definition) is 7. The largest absolute Gasteiger partial charge is 0.373 e. The van der Waals surface area contributed by atoms with Gasteiger partial charge in [0.15, 0.2) is 0 Å². The molecular weight excluding hydrogens is 627 g/mol. The second-order valence-electron chi connectivity index (χ2n) is 12.3. The minimum Gasteiger partial charge on any atom is -0.373 e. The van der Waals surface area contributed by atoms with Crippen LogP contribution in [0.2, 0.25) is 15.1 Å². The first-order valence-electron chi connectivity index (χ1n) is 14.8. The maximum absolute atomic E-state index is 9.95. The Morgan fingerprint density at radius 2 is 1.71 bits per heavy atom. The number of nitrogens with one attached hydrogen (secondary N) is 2. The molecule has 1 aliphatic heterocycles. The van der Waals surface area contributed by atoms with Gasteiger partial charge in [0.25, 0.3) is 0 Å². The molecule has 8 nitrogen and oxygen atoms in total. The zero-order valence-corrected chi connectivity index (χ0v) is 27.5. The van der Waals surface area contributed by atoms with E-state index in [1.165, 1.54) is 6.20 Å². The molecule has 0 bridgehead atoms. The van der Waals surface area contributed by atoms with Crippen LogP contribution in [0.25, 0.3) is 10.9 Å². The first-order chi connectivity index (χ1) is 21.6. The van der Waals surface area contributed by atoms with E-state index in [4.69, 9.17) is 34.8 Å². The van der Waals surface area contributed by atoms with Crippen molar-refractivity contribution < 1.29 is 0 Å². The van der Waals surface area contributed by atoms with E-state index in [0.717, 1.165) is 42.9 Å². The second kappa shape index (κ2) is 12.9. The lowest BCUT2D eigenvalue weighted by atomic mass is 9.98. The summed E-state index contributed by atoms with van der Waals surface area (Å²) >= 11 is 19.5. The number of para-hydroxylation sites is 1. The molecule has 230 valence electrons. The van der Waals surface area contributed by atoms with Crippen LogP contribution >= 0.6 is 34.8 Å². The van der Waals surface area contributed by atoms with Crippen LogP contribution < -0.4 is 10.6 Å². The molecule has 0 aliphatic carbocycles. The number of anilines is 3. The summed E-state index contributed by atoms with van der Waals surface area (Å²) in [5.41, 5.74) is 4.76. The molecule has 3 heterocycles. The molecule has 1 unspecified atom stereocenters. The van der Waals surface area contributed by atoms with E-state index in [-0.39, 0.29) is 17.6 Å². The number of nitrogens with zero attached hydrogens (tertiary/aromatic N) is 6. The zero-order valence-electron chi connectivity index (χ0n) is 25.2. The van der Waals surface area contributed by atoms with E-state index in [1.54, 1.807) is 6.07 Å². The molecule has 0 saturated carbocycles. The summed E-state index contributed by atoms with van der Waals surface area (Å²) < 4.78 is 2.00. The van der Waals surface area contributed by atoms with Gasteiger partial charge in [-0.3, -0.25) is 9.88 Å². The van der Waals surface area contributed by atoms with Gasteiger partial charge >= 0.3 is 0 Å². The van der Waals surface area contributed by atoms with E-state index in [0.29, 0.717) is 42.9 Å². The van der Waals surface area contributed by atoms with Crippen molar-refractivity contribution in [2.24, 2.45) is 0 Å². The summed E-state index contributed by atoms with van der Waals surface area (Å²) in [6.45, 7) is 8.81. The molecular formula is C34H33Cl3N8. The van der Waals surface area contributed by atoms with Crippen molar-refractivity contribution in [3.63, 3.8) is 0 Å². The van der Waals surface area contributed by atoms with Gasteiger partial charge in [-0.05, 0) is 75.6 Å². The van der Waals surface area contributed by atoms with Crippen molar-refractivity contribution in [3.8, 4) is 6.07 Å². The van der Waals surface area contributed by atoms with E-state index < -0.39 is 0 Å². The van der Waals surface area contributed by atoms with Crippen LogP contribution in [0.4, 0.5) is 17.1 Å². The number of halogens is 3. The van der Waals surface area contributed by atoms with Crippen molar-refractivity contribution in [1.29, 1.82) is 5.26 Å². The van der Waals surface area contributed by atoms with Crippen molar-refractivity contribution >= 4 is 62.8 Å². The fraction of sp³-hybridized carbons (Fsp3) is 0.294. The van der Waals surface area contributed by atoms with Crippen LogP contribution in [-0.4, -0.2) is 43.5 Å². The second-order valence-corrected chi connectivity index (χ2v) is 13.5. The number of rotatable bonds is 7. The van der Waals surface area contributed by atoms with Gasteiger partial charge in [-0.2, -0.15) is 5.26 Å². The summed E-state index contributed by atoms with van der Waals surface area (Å²) in [7, 11) is 0. The van der Waals surface area contributed by atoms with Crippen molar-refractivity contribution in [1.82, 2.24) is 24.9 Å². The lowest BCUT2D eigenvalue weighted by Gasteiger charge is -2.40. The third kappa shape index (κ3) is 6.73. The Bertz CT molecular complexity index is 1870. The predicted octanol–water partition coefficient (Wildman–Crippen LogP) is 9.04. The fourth-order valence-corrected chi connectivity index (χ4v) is 6.39. The van der Waals surface area contributed by atoms with E-state index in [2.05, 4.69) is 57.7 Å². The highest BCUT2D eigenvalue weighted by atomic mass is 35.5. The van der Waals surface area contributed by atoms with Crippen LogP contribution in [0.3, 0.4) is 0 Å². The third-order valence-electron chi connectivity index (χ3n) is 8.30. The van der Waals surface area contributed by atoms with Gasteiger partial charge in [0.1, 0.15) is 11.8 Å². The van der Waals surface area contributed by atoms with Gasteiger partial charge in [-0.25, -0.2) is 4.68 Å². The van der Waals surface area contributed by atoms with Gasteiger partial charge < -0.3 is 10.6 Å². The first kappa shape index (κ1) is 31.1. The SMILES string of the molecule is CC(C)(C)N1CCC(n2cc(C(Nc3cc(Cl)c4ncc(C#N)c(Nc5ccccc5Cl)c4c3)c3ccc(Cl)cc3)nn2)CC1. The number of aromatic nitrogens is 4. The number of pyridine rings is 1. The van der Waals surface area contributed by atoms with Crippen LogP contribution in [-0.2, 0) is 0 Å². The molecule has 1 aliphatic rings. The summed E-state index contributed by atoms with van der Waals surface area (Å²) in [6.07, 6.45) is 5.57. The topological polar surface area (TPSA) is 94.7 Å². The molecule has 2 aromatic heterocycles. The number of piperidine rings is 1. The number of nitriles is 1. The first-order valence-corrected chi connectivity index (χ1v) is 16.0. The predicted molar refractivity (Wildman–Crippen MR) is 183 cm³/mol. The maximum atomic E-state index is 9.95. The molecule has 45 heavy (non-hydrogen) atoms. The molecule has 0 spiro atoms. The third-order valence-corrected chi connectivity index (χ3v) is 9.17. The minimum absolute atomic E-state index is 0.148. The lowest BCUT2D eigenvalue weighted by Crippen LogP contribution is -2.46. The Morgan fingerprint density at radius 1 is 0.978 bits per heavy atom. The Hall–Kier alpha value is -3.87. The Kier molecular flexibility index (Phi) is 8.89. The highest BCUT2D eigenvalue weighted by Gasteiger charge is 2.29. The monoisotopic (exact) mass is 658 g/mol. The van der Waals surface area contributed by atoms with Gasteiger partial charge in [-0.1, -0.05) is 64.3 Å². The van der Waals surface area contributed by atoms with E-state index in [1.807, 2.05) is 65.5 Å². The number of fused-ring (bicyclic) bond motifs is 1. The molecule has 2 N–H and O–H groups in total. The normalized spacial score (nSPS) is 15.1. The van der Waals surface area contributed by atoms with Crippen LogP contribution in [0.1, 0.15) is 62.5 Å². The van der Waals surface area contributed by atoms with Crippen LogP contribution in [0, 0.1) is 11.3 Å². The highest BCUT2D eigenvalue weighted by molar-refractivity contribution is 6.36. The van der Waals surface area contributed by atoms with Gasteiger partial charge in [0, 0.05) is 40.9 Å². The number of likely N-dealkylation sites (tertiary alicyclic amines) is 1. The number of benzene rings is 3. The summed E-state index contributed by atoms with van der Waals surface area (Å²) in [6, 6.07) is 21.0. The number of hydrogen-bond donors (Lipinski definition) is 2. The van der Waals surface area contributed by atoms with Gasteiger partial charge in [0.05, 0.1) is 50.8 Å². The summed E-state index contributed by atoms with van der Waals surface area (Å²) in [5.74, 6) is 0. The van der Waals surface area contributed by atoms with Crippen LogP contribution in [0.5, 0.6) is 0 Å². The standard InChI is InChI=1S/C34H33Cl3N8/c1-34(2,3)44-14-12-25(13-15-44)45-20-30(42-43-45)32(21-8-10-23(35)11-9-21)40-24-16-26-31(41-29-7-5-4-6-27(29)36)22(18-38)19-39-33(26)28(37)17-24/h4-11,16-17,19-20,25,32,40H,12-15H2,1-3H3,(H,39,41). The van der Waals surface area contributed by atoms with Gasteiger partial charge in [0.2, 0.25) is 0 Å². The van der Waals surface area contributed by atoms with Crippen LogP contribution in [0.15, 0.2) is 73.1 Å². The summed E-state index contributed by atoms with van der Waals surface area (Å²) in [5, 5.41) is 28.4. The molecule has 0 amide bonds. The average Bonchev–Trinajstić information content (AvgIpc) is 3.51. The molecule has 1 saturated heterocycles. The zero-order chi connectivity index (χ0) is 31.7. The fourth-order valence-electron chi connectivity index (χ4n) is 5.81. The smallest absolute Gasteiger partial charge is 0.109 e. The highest BCUT2D eigenvalue weighted by Crippen LogP contribution is 2.38. The minimum atomic E-state index is -0.355. The quantitative estimate of drug-likeness (QED) is 0.180. The average molecular weight is 660 g/mol. The van der Waals surface area contributed by atoms with Crippen molar-refractivity contribution in [2.75, 3.05) is 23.7 Å². The maximum Gasteiger partial charge on any atom is 0.109 e. The summed E-state index contributed by atoms with van der Waals surface area (Å²) in [4.78, 5) is 7.02. The molecule has 1 atom stereocenters.